The van der Waals surface area contributed by atoms with Crippen molar-refractivity contribution in [1.29, 1.82) is 0 Å². The van der Waals surface area contributed by atoms with E-state index in [0.717, 1.165) is 38.8 Å². The van der Waals surface area contributed by atoms with E-state index in [9.17, 15) is 4.79 Å². The summed E-state index contributed by atoms with van der Waals surface area (Å²) in [5, 5.41) is 6.21. The molecule has 0 bridgehead atoms. The third kappa shape index (κ3) is 5.46. The molecule has 0 radical (unpaired) electrons. The Labute approximate surface area is 128 Å². The van der Waals surface area contributed by atoms with Crippen molar-refractivity contribution >= 4 is 18.5 Å². The number of hydrogen-bond donors (Lipinski definition) is 2. The molecule has 0 aromatic carbocycles. The van der Waals surface area contributed by atoms with Gasteiger partial charge in [-0.3, -0.25) is 4.90 Å². The van der Waals surface area contributed by atoms with Crippen LogP contribution in [0.5, 0.6) is 0 Å². The van der Waals surface area contributed by atoms with Gasteiger partial charge in [-0.05, 0) is 52.6 Å². The summed E-state index contributed by atoms with van der Waals surface area (Å²) in [7, 11) is 0. The van der Waals surface area contributed by atoms with E-state index in [4.69, 9.17) is 4.74 Å². The van der Waals surface area contributed by atoms with Crippen molar-refractivity contribution in [3.8, 4) is 0 Å². The molecule has 0 atom stereocenters. The molecule has 5 nitrogen and oxygen atoms in total. The molecule has 1 amide bonds. The minimum Gasteiger partial charge on any atom is -0.444 e. The van der Waals surface area contributed by atoms with E-state index in [1.54, 1.807) is 0 Å². The summed E-state index contributed by atoms with van der Waals surface area (Å²) in [6.45, 7) is 11.0. The third-order valence-electron chi connectivity index (χ3n) is 3.86. The molecule has 2 saturated heterocycles. The van der Waals surface area contributed by atoms with Crippen molar-refractivity contribution in [1.82, 2.24) is 15.5 Å². The molecular weight excluding hydrogens is 278 g/mol. The Hall–Kier alpha value is -0.520. The molecule has 20 heavy (non-hydrogen) atoms. The molecule has 0 aromatic heterocycles. The van der Waals surface area contributed by atoms with Gasteiger partial charge in [-0.1, -0.05) is 0 Å². The fourth-order valence-corrected chi connectivity index (χ4v) is 2.60. The summed E-state index contributed by atoms with van der Waals surface area (Å²) < 4.78 is 5.25. The number of piperidine rings is 1. The summed E-state index contributed by atoms with van der Waals surface area (Å²) in [4.78, 5) is 14.1. The first kappa shape index (κ1) is 17.5. The lowest BCUT2D eigenvalue weighted by Crippen LogP contribution is -2.59. The standard InChI is InChI=1S/C14H27N3O2.ClH/c1-14(2,3)19-13(18)16-8-11-4-6-17(7-5-11)12-9-15-10-12;/h11-12,15H,4-10H2,1-3H3,(H,16,18);1H. The van der Waals surface area contributed by atoms with Gasteiger partial charge in [0, 0.05) is 25.7 Å². The van der Waals surface area contributed by atoms with Gasteiger partial charge in [0.15, 0.2) is 0 Å². The number of halogens is 1. The van der Waals surface area contributed by atoms with Gasteiger partial charge in [-0.15, -0.1) is 12.4 Å². The molecule has 0 aromatic rings. The van der Waals surface area contributed by atoms with Gasteiger partial charge >= 0.3 is 6.09 Å². The van der Waals surface area contributed by atoms with Gasteiger partial charge in [-0.25, -0.2) is 4.79 Å². The van der Waals surface area contributed by atoms with Crippen LogP contribution in [0.1, 0.15) is 33.6 Å². The van der Waals surface area contributed by atoms with Gasteiger partial charge in [0.2, 0.25) is 0 Å². The topological polar surface area (TPSA) is 53.6 Å². The fraction of sp³-hybridized carbons (Fsp3) is 0.929. The molecule has 2 N–H and O–H groups in total. The molecule has 6 heteroatoms. The van der Waals surface area contributed by atoms with Gasteiger partial charge in [0.25, 0.3) is 0 Å². The Bertz CT molecular complexity index is 308. The predicted octanol–water partition coefficient (Wildman–Crippen LogP) is 1.62. The number of carbonyl (C=O) groups is 1. The Morgan fingerprint density at radius 2 is 1.90 bits per heavy atom. The molecule has 0 aliphatic carbocycles. The van der Waals surface area contributed by atoms with E-state index in [2.05, 4.69) is 15.5 Å². The maximum atomic E-state index is 11.6. The molecule has 2 heterocycles. The van der Waals surface area contributed by atoms with Gasteiger partial charge < -0.3 is 15.4 Å². The second kappa shape index (κ2) is 7.48. The van der Waals surface area contributed by atoms with Crippen LogP contribution in [-0.2, 0) is 4.74 Å². The van der Waals surface area contributed by atoms with E-state index in [0.29, 0.717) is 5.92 Å². The number of hydrogen-bond acceptors (Lipinski definition) is 4. The van der Waals surface area contributed by atoms with Crippen molar-refractivity contribution in [3.63, 3.8) is 0 Å². The Kier molecular flexibility index (Phi) is 6.55. The highest BCUT2D eigenvalue weighted by atomic mass is 35.5. The highest BCUT2D eigenvalue weighted by molar-refractivity contribution is 5.85. The molecule has 0 unspecified atom stereocenters. The highest BCUT2D eigenvalue weighted by Crippen LogP contribution is 2.19. The Morgan fingerprint density at radius 3 is 2.35 bits per heavy atom. The summed E-state index contributed by atoms with van der Waals surface area (Å²) in [5.74, 6) is 0.594. The van der Waals surface area contributed by atoms with E-state index in [1.807, 2.05) is 20.8 Å². The van der Waals surface area contributed by atoms with E-state index < -0.39 is 5.60 Å². The van der Waals surface area contributed by atoms with Crippen LogP contribution in [-0.4, -0.2) is 55.4 Å². The van der Waals surface area contributed by atoms with Crippen LogP contribution in [0.4, 0.5) is 4.79 Å². The van der Waals surface area contributed by atoms with Crippen molar-refractivity contribution in [3.05, 3.63) is 0 Å². The number of nitrogens with zero attached hydrogens (tertiary/aromatic N) is 1. The number of likely N-dealkylation sites (tertiary alicyclic amines) is 1. The summed E-state index contributed by atoms with van der Waals surface area (Å²) in [6.07, 6.45) is 2.05. The van der Waals surface area contributed by atoms with Crippen LogP contribution in [0.2, 0.25) is 0 Å². The summed E-state index contributed by atoms with van der Waals surface area (Å²) in [6, 6.07) is 0.750. The number of alkyl carbamates (subject to hydrolysis) is 1. The van der Waals surface area contributed by atoms with Crippen LogP contribution < -0.4 is 10.6 Å². The number of carbonyl (C=O) groups excluding carboxylic acids is 1. The maximum Gasteiger partial charge on any atom is 0.407 e. The van der Waals surface area contributed by atoms with Crippen molar-refractivity contribution in [2.45, 2.75) is 45.3 Å². The average Bonchev–Trinajstić information content (AvgIpc) is 2.23. The lowest BCUT2D eigenvalue weighted by Gasteiger charge is -2.42. The van der Waals surface area contributed by atoms with Crippen LogP contribution >= 0.6 is 12.4 Å². The summed E-state index contributed by atoms with van der Waals surface area (Å²) >= 11 is 0. The van der Waals surface area contributed by atoms with E-state index in [1.165, 1.54) is 12.8 Å². The van der Waals surface area contributed by atoms with Crippen LogP contribution in [0.3, 0.4) is 0 Å². The van der Waals surface area contributed by atoms with Gasteiger partial charge in [-0.2, -0.15) is 0 Å². The van der Waals surface area contributed by atoms with Crippen molar-refractivity contribution in [2.75, 3.05) is 32.7 Å². The van der Waals surface area contributed by atoms with Crippen molar-refractivity contribution < 1.29 is 9.53 Å². The van der Waals surface area contributed by atoms with Gasteiger partial charge in [0.05, 0.1) is 0 Å². The minimum absolute atomic E-state index is 0. The first-order valence-corrected chi connectivity index (χ1v) is 7.35. The monoisotopic (exact) mass is 305 g/mol. The number of rotatable bonds is 3. The van der Waals surface area contributed by atoms with Gasteiger partial charge in [0.1, 0.15) is 5.60 Å². The quantitative estimate of drug-likeness (QED) is 0.832. The zero-order chi connectivity index (χ0) is 13.9. The lowest BCUT2D eigenvalue weighted by molar-refractivity contribution is 0.0498. The maximum absolute atomic E-state index is 11.6. The largest absolute Gasteiger partial charge is 0.444 e. The Balaban J connectivity index is 0.00000200. The third-order valence-corrected chi connectivity index (χ3v) is 3.86. The smallest absolute Gasteiger partial charge is 0.407 e. The molecule has 2 rings (SSSR count). The second-order valence-corrected chi connectivity index (χ2v) is 6.67. The van der Waals surface area contributed by atoms with Crippen LogP contribution in [0.25, 0.3) is 0 Å². The fourth-order valence-electron chi connectivity index (χ4n) is 2.60. The van der Waals surface area contributed by atoms with E-state index >= 15 is 0 Å². The number of nitrogens with one attached hydrogen (secondary N) is 2. The normalized spacial score (nSPS) is 21.8. The van der Waals surface area contributed by atoms with Crippen molar-refractivity contribution in [2.24, 2.45) is 5.92 Å². The number of ether oxygens (including phenoxy) is 1. The molecule has 2 aliphatic rings. The molecule has 118 valence electrons. The van der Waals surface area contributed by atoms with E-state index in [-0.39, 0.29) is 18.5 Å². The molecular formula is C14H28ClN3O2. The zero-order valence-corrected chi connectivity index (χ0v) is 13.6. The molecule has 0 spiro atoms. The Morgan fingerprint density at radius 1 is 1.30 bits per heavy atom. The zero-order valence-electron chi connectivity index (χ0n) is 12.8. The molecule has 0 saturated carbocycles. The minimum atomic E-state index is -0.412. The lowest BCUT2D eigenvalue weighted by atomic mass is 9.95. The van der Waals surface area contributed by atoms with Crippen LogP contribution in [0.15, 0.2) is 0 Å². The first-order chi connectivity index (χ1) is 8.94. The molecule has 2 aliphatic heterocycles. The molecule has 2 fully saturated rings. The SMILES string of the molecule is CC(C)(C)OC(=O)NCC1CCN(C2CNC2)CC1.Cl. The number of amides is 1. The highest BCUT2D eigenvalue weighted by Gasteiger charge is 2.28. The van der Waals surface area contributed by atoms with Crippen LogP contribution in [0, 0.1) is 5.92 Å². The predicted molar refractivity (Wildman–Crippen MR) is 82.4 cm³/mol. The first-order valence-electron chi connectivity index (χ1n) is 7.35. The summed E-state index contributed by atoms with van der Waals surface area (Å²) in [5.41, 5.74) is -0.412. The average molecular weight is 306 g/mol. The second-order valence-electron chi connectivity index (χ2n) is 6.67.